The lowest BCUT2D eigenvalue weighted by molar-refractivity contribution is 0.1000. The molecule has 1 amide bonds. The maximum Gasteiger partial charge on any atom is 0.252 e. The second-order valence-electron chi connectivity index (χ2n) is 4.41. The van der Waals surface area contributed by atoms with Gasteiger partial charge in [-0.3, -0.25) is 9.78 Å². The molecule has 100 valence electrons. The van der Waals surface area contributed by atoms with Crippen molar-refractivity contribution in [3.05, 3.63) is 52.9 Å². The van der Waals surface area contributed by atoms with Gasteiger partial charge in [0.1, 0.15) is 5.69 Å². The van der Waals surface area contributed by atoms with E-state index in [2.05, 4.69) is 10.1 Å². The zero-order valence-electron chi connectivity index (χ0n) is 10.7. The molecule has 0 fully saturated rings. The van der Waals surface area contributed by atoms with Crippen LogP contribution in [0.4, 0.5) is 0 Å². The Labute approximate surface area is 120 Å². The average Bonchev–Trinajstić information content (AvgIpc) is 2.83. The Morgan fingerprint density at radius 1 is 1.35 bits per heavy atom. The predicted octanol–water partition coefficient (Wildman–Crippen LogP) is 2.48. The highest BCUT2D eigenvalue weighted by Crippen LogP contribution is 2.25. The molecule has 0 bridgehead atoms. The quantitative estimate of drug-likeness (QED) is 0.786. The first kappa shape index (κ1) is 12.6. The van der Waals surface area contributed by atoms with Gasteiger partial charge in [0.25, 0.3) is 5.91 Å². The van der Waals surface area contributed by atoms with Crippen molar-refractivity contribution in [1.82, 2.24) is 14.8 Å². The number of amides is 1. The number of pyridine rings is 1. The fourth-order valence-corrected chi connectivity index (χ4v) is 2.40. The molecule has 20 heavy (non-hydrogen) atoms. The number of primary amides is 1. The molecule has 3 aromatic rings. The molecule has 0 aliphatic carbocycles. The highest BCUT2D eigenvalue weighted by Gasteiger charge is 2.18. The first-order chi connectivity index (χ1) is 9.58. The fourth-order valence-electron chi connectivity index (χ4n) is 2.17. The van der Waals surface area contributed by atoms with E-state index in [9.17, 15) is 4.79 Å². The first-order valence-electron chi connectivity index (χ1n) is 5.97. The third-order valence-electron chi connectivity index (χ3n) is 3.08. The van der Waals surface area contributed by atoms with E-state index in [-0.39, 0.29) is 10.6 Å². The summed E-state index contributed by atoms with van der Waals surface area (Å²) in [5, 5.41) is 5.62. The molecule has 0 aliphatic heterocycles. The summed E-state index contributed by atoms with van der Waals surface area (Å²) in [5.74, 6) is -0.602. The summed E-state index contributed by atoms with van der Waals surface area (Å²) < 4.78 is 1.60. The van der Waals surface area contributed by atoms with Gasteiger partial charge in [-0.2, -0.15) is 5.10 Å². The van der Waals surface area contributed by atoms with Crippen LogP contribution in [0.2, 0.25) is 5.02 Å². The van der Waals surface area contributed by atoms with Gasteiger partial charge in [-0.1, -0.05) is 29.8 Å². The Balaban J connectivity index is 2.33. The lowest BCUT2D eigenvalue weighted by Crippen LogP contribution is -2.17. The van der Waals surface area contributed by atoms with Gasteiger partial charge in [0.2, 0.25) is 0 Å². The smallest absolute Gasteiger partial charge is 0.252 e. The molecular formula is C14H11ClN4O. The first-order valence-corrected chi connectivity index (χ1v) is 6.35. The molecule has 0 saturated heterocycles. The van der Waals surface area contributed by atoms with Gasteiger partial charge >= 0.3 is 0 Å². The summed E-state index contributed by atoms with van der Waals surface area (Å²) in [4.78, 5) is 15.8. The number of carbonyl (C=O) groups excluding carboxylic acids is 1. The molecule has 0 spiro atoms. The number of benzene rings is 1. The van der Waals surface area contributed by atoms with Crippen LogP contribution in [0.25, 0.3) is 16.6 Å². The van der Waals surface area contributed by atoms with Crippen molar-refractivity contribution in [2.45, 2.75) is 6.92 Å². The van der Waals surface area contributed by atoms with Crippen LogP contribution in [0.15, 0.2) is 36.7 Å². The van der Waals surface area contributed by atoms with Gasteiger partial charge in [0.15, 0.2) is 0 Å². The van der Waals surface area contributed by atoms with Crippen LogP contribution < -0.4 is 5.73 Å². The van der Waals surface area contributed by atoms with Gasteiger partial charge in [-0.15, -0.1) is 0 Å². The molecule has 0 aliphatic rings. The van der Waals surface area contributed by atoms with E-state index in [4.69, 9.17) is 17.3 Å². The van der Waals surface area contributed by atoms with Crippen LogP contribution in [0.3, 0.4) is 0 Å². The summed E-state index contributed by atoms with van der Waals surface area (Å²) in [7, 11) is 0. The number of hydrogen-bond acceptors (Lipinski definition) is 3. The number of carbonyl (C=O) groups is 1. The number of aromatic nitrogens is 3. The van der Waals surface area contributed by atoms with Gasteiger partial charge < -0.3 is 5.73 Å². The molecule has 2 N–H and O–H groups in total. The van der Waals surface area contributed by atoms with Crippen molar-refractivity contribution in [3.8, 4) is 5.69 Å². The minimum atomic E-state index is -0.602. The third-order valence-corrected chi connectivity index (χ3v) is 3.37. The standard InChI is InChI=1S/C14H11ClN4O/c1-8-13(12(14(16)20)10(15)6-17-8)19-7-9-4-2-3-5-11(9)18-19/h2-7H,1H3,(H2,16,20). The third kappa shape index (κ3) is 1.92. The molecule has 6 heteroatoms. The van der Waals surface area contributed by atoms with Gasteiger partial charge in [0.05, 0.1) is 21.8 Å². The van der Waals surface area contributed by atoms with Gasteiger partial charge in [0, 0.05) is 17.8 Å². The zero-order chi connectivity index (χ0) is 14.3. The maximum absolute atomic E-state index is 11.7. The largest absolute Gasteiger partial charge is 0.365 e. The highest BCUT2D eigenvalue weighted by atomic mass is 35.5. The summed E-state index contributed by atoms with van der Waals surface area (Å²) in [6.07, 6.45) is 3.24. The second kappa shape index (κ2) is 4.61. The molecule has 0 radical (unpaired) electrons. The number of aryl methyl sites for hydroxylation is 1. The summed E-state index contributed by atoms with van der Waals surface area (Å²) >= 11 is 6.04. The van der Waals surface area contributed by atoms with Crippen molar-refractivity contribution in [2.24, 2.45) is 5.73 Å². The predicted molar refractivity (Wildman–Crippen MR) is 77.1 cm³/mol. The van der Waals surface area contributed by atoms with Gasteiger partial charge in [-0.25, -0.2) is 4.68 Å². The molecule has 1 aromatic carbocycles. The molecule has 5 nitrogen and oxygen atoms in total. The van der Waals surface area contributed by atoms with Gasteiger partial charge in [-0.05, 0) is 13.0 Å². The van der Waals surface area contributed by atoms with Crippen LogP contribution in [0.1, 0.15) is 16.1 Å². The molecule has 3 rings (SSSR count). The molecular weight excluding hydrogens is 276 g/mol. The van der Waals surface area contributed by atoms with E-state index in [0.29, 0.717) is 11.4 Å². The van der Waals surface area contributed by atoms with Crippen molar-refractivity contribution in [2.75, 3.05) is 0 Å². The number of nitrogens with two attached hydrogens (primary N) is 1. The van der Waals surface area contributed by atoms with E-state index in [0.717, 1.165) is 10.9 Å². The van der Waals surface area contributed by atoms with E-state index in [1.165, 1.54) is 6.20 Å². The molecule has 0 atom stereocenters. The lowest BCUT2D eigenvalue weighted by Gasteiger charge is -2.10. The second-order valence-corrected chi connectivity index (χ2v) is 4.82. The van der Waals surface area contributed by atoms with Crippen LogP contribution in [0.5, 0.6) is 0 Å². The summed E-state index contributed by atoms with van der Waals surface area (Å²) in [6.45, 7) is 1.78. The van der Waals surface area contributed by atoms with E-state index in [1.54, 1.807) is 11.6 Å². The molecule has 2 heterocycles. The minimum Gasteiger partial charge on any atom is -0.365 e. The summed E-state index contributed by atoms with van der Waals surface area (Å²) in [5.41, 5.74) is 7.62. The number of nitrogens with zero attached hydrogens (tertiary/aromatic N) is 3. The Hall–Kier alpha value is -2.40. The zero-order valence-corrected chi connectivity index (χ0v) is 11.4. The number of halogens is 1. The van der Waals surface area contributed by atoms with E-state index in [1.807, 2.05) is 30.5 Å². The monoisotopic (exact) mass is 286 g/mol. The Morgan fingerprint density at radius 3 is 2.80 bits per heavy atom. The maximum atomic E-state index is 11.7. The number of hydrogen-bond donors (Lipinski definition) is 1. The normalized spacial score (nSPS) is 10.9. The summed E-state index contributed by atoms with van der Waals surface area (Å²) in [6, 6.07) is 7.66. The van der Waals surface area contributed by atoms with Crippen molar-refractivity contribution in [1.29, 1.82) is 0 Å². The molecule has 0 unspecified atom stereocenters. The number of fused-ring (bicyclic) bond motifs is 1. The van der Waals surface area contributed by atoms with Crippen molar-refractivity contribution >= 4 is 28.4 Å². The Bertz CT molecular complexity index is 792. The molecule has 2 aromatic heterocycles. The fraction of sp³-hybridized carbons (Fsp3) is 0.0714. The number of rotatable bonds is 2. The lowest BCUT2D eigenvalue weighted by atomic mass is 10.1. The van der Waals surface area contributed by atoms with Crippen LogP contribution in [-0.2, 0) is 0 Å². The molecule has 0 saturated carbocycles. The highest BCUT2D eigenvalue weighted by molar-refractivity contribution is 6.34. The SMILES string of the molecule is Cc1ncc(Cl)c(C(N)=O)c1-n1cc2ccccc2n1. The van der Waals surface area contributed by atoms with Crippen molar-refractivity contribution in [3.63, 3.8) is 0 Å². The van der Waals surface area contributed by atoms with Crippen molar-refractivity contribution < 1.29 is 4.79 Å². The van der Waals surface area contributed by atoms with Crippen LogP contribution >= 0.6 is 11.6 Å². The minimum absolute atomic E-state index is 0.220. The Morgan fingerprint density at radius 2 is 2.10 bits per heavy atom. The van der Waals surface area contributed by atoms with Crippen LogP contribution in [0, 0.1) is 6.92 Å². The van der Waals surface area contributed by atoms with Crippen LogP contribution in [-0.4, -0.2) is 20.7 Å². The average molecular weight is 287 g/mol. The van der Waals surface area contributed by atoms with E-state index >= 15 is 0 Å². The Kier molecular flexibility index (Phi) is 2.91. The van der Waals surface area contributed by atoms with E-state index < -0.39 is 5.91 Å². The topological polar surface area (TPSA) is 73.8 Å².